The van der Waals surface area contributed by atoms with E-state index in [1.54, 1.807) is 18.2 Å². The van der Waals surface area contributed by atoms with Crippen LogP contribution in [-0.2, 0) is 16.0 Å². The van der Waals surface area contributed by atoms with Crippen LogP contribution >= 0.6 is 23.1 Å². The van der Waals surface area contributed by atoms with Gasteiger partial charge in [-0.05, 0) is 29.8 Å². The third kappa shape index (κ3) is 5.85. The van der Waals surface area contributed by atoms with Gasteiger partial charge in [0.2, 0.25) is 12.3 Å². The van der Waals surface area contributed by atoms with Crippen molar-refractivity contribution in [1.29, 1.82) is 0 Å². The number of fused-ring (bicyclic) bond motifs is 2. The Labute approximate surface area is 195 Å². The Morgan fingerprint density at radius 3 is 2.85 bits per heavy atom. The van der Waals surface area contributed by atoms with Gasteiger partial charge in [-0.1, -0.05) is 30.0 Å². The van der Waals surface area contributed by atoms with Crippen molar-refractivity contribution in [3.8, 4) is 0 Å². The molecule has 0 radical (unpaired) electrons. The molecule has 2 aromatic heterocycles. The molecule has 0 bridgehead atoms. The van der Waals surface area contributed by atoms with Crippen LogP contribution in [-0.4, -0.2) is 40.3 Å². The Hall–Kier alpha value is -3.05. The van der Waals surface area contributed by atoms with Crippen LogP contribution < -0.4 is 10.6 Å². The first-order chi connectivity index (χ1) is 15.8. The zero-order valence-electron chi connectivity index (χ0n) is 17.1. The third-order valence-electron chi connectivity index (χ3n) is 4.93. The van der Waals surface area contributed by atoms with E-state index in [0.29, 0.717) is 28.4 Å². The molecule has 0 fully saturated rings. The first kappa shape index (κ1) is 23.1. The largest absolute Gasteiger partial charge is 0.389 e. The molecule has 0 aliphatic carbocycles. The van der Waals surface area contributed by atoms with Crippen molar-refractivity contribution in [2.75, 3.05) is 11.1 Å². The fraction of sp³-hybridized carbons (Fsp3) is 0.227. The van der Waals surface area contributed by atoms with Crippen LogP contribution in [0.25, 0.3) is 21.1 Å². The number of para-hydroxylation sites is 1. The monoisotopic (exact) mass is 492 g/mol. The molecular weight excluding hydrogens is 473 g/mol. The second kappa shape index (κ2) is 9.84. The van der Waals surface area contributed by atoms with Gasteiger partial charge in [0, 0.05) is 35.0 Å². The van der Waals surface area contributed by atoms with Crippen molar-refractivity contribution < 1.29 is 22.8 Å². The van der Waals surface area contributed by atoms with E-state index < -0.39 is 18.6 Å². The summed E-state index contributed by atoms with van der Waals surface area (Å²) in [7, 11) is 0. The van der Waals surface area contributed by atoms with Gasteiger partial charge in [0.15, 0.2) is 4.34 Å². The average molecular weight is 493 g/mol. The maximum absolute atomic E-state index is 12.9. The Morgan fingerprint density at radius 1 is 1.24 bits per heavy atom. The van der Waals surface area contributed by atoms with E-state index in [1.165, 1.54) is 11.3 Å². The summed E-state index contributed by atoms with van der Waals surface area (Å²) in [5.41, 5.74) is 3.00. The first-order valence-electron chi connectivity index (χ1n) is 9.98. The number of nitrogens with one attached hydrogen (secondary N) is 3. The lowest BCUT2D eigenvalue weighted by Crippen LogP contribution is -2.41. The van der Waals surface area contributed by atoms with E-state index in [2.05, 4.69) is 20.6 Å². The van der Waals surface area contributed by atoms with Crippen molar-refractivity contribution in [2.45, 2.75) is 29.4 Å². The number of carbonyl (C=O) groups is 2. The van der Waals surface area contributed by atoms with Crippen LogP contribution in [0.4, 0.5) is 18.9 Å². The number of anilines is 1. The fourth-order valence-corrected chi connectivity index (χ4v) is 5.52. The minimum absolute atomic E-state index is 0.0974. The summed E-state index contributed by atoms with van der Waals surface area (Å²) >= 11 is 2.33. The number of aromatic amines is 1. The van der Waals surface area contributed by atoms with Gasteiger partial charge in [-0.3, -0.25) is 9.59 Å². The third-order valence-corrected chi connectivity index (χ3v) is 7.09. The summed E-state index contributed by atoms with van der Waals surface area (Å²) in [5, 5.41) is 6.35. The fourth-order valence-electron chi connectivity index (χ4n) is 3.36. The van der Waals surface area contributed by atoms with Crippen molar-refractivity contribution >= 4 is 62.2 Å². The van der Waals surface area contributed by atoms with E-state index in [0.717, 1.165) is 32.9 Å². The number of thiazole rings is 1. The summed E-state index contributed by atoms with van der Waals surface area (Å²) in [6, 6.07) is 12.0. The van der Waals surface area contributed by atoms with E-state index >= 15 is 0 Å². The number of hydrogen-bond acceptors (Lipinski definition) is 5. The number of hydrogen-bond donors (Lipinski definition) is 3. The van der Waals surface area contributed by atoms with Crippen LogP contribution in [0, 0.1) is 0 Å². The molecule has 0 saturated heterocycles. The minimum atomic E-state index is -4.19. The van der Waals surface area contributed by atoms with Crippen LogP contribution in [0.1, 0.15) is 12.0 Å². The van der Waals surface area contributed by atoms with Crippen LogP contribution in [0.15, 0.2) is 53.0 Å². The lowest BCUT2D eigenvalue weighted by molar-refractivity contribution is -0.129. The topological polar surface area (TPSA) is 86.9 Å². The average Bonchev–Trinajstić information content (AvgIpc) is 3.36. The second-order valence-corrected chi connectivity index (χ2v) is 9.64. The van der Waals surface area contributed by atoms with Crippen LogP contribution in [0.3, 0.4) is 0 Å². The number of aromatic nitrogens is 2. The number of H-pyrrole nitrogens is 1. The Kier molecular flexibility index (Phi) is 6.89. The molecule has 1 unspecified atom stereocenters. The van der Waals surface area contributed by atoms with Gasteiger partial charge in [-0.25, -0.2) is 4.98 Å². The van der Waals surface area contributed by atoms with Gasteiger partial charge in [0.05, 0.1) is 16.6 Å². The van der Waals surface area contributed by atoms with Crippen molar-refractivity contribution in [3.63, 3.8) is 0 Å². The predicted octanol–water partition coefficient (Wildman–Crippen LogP) is 5.12. The number of nitrogens with zero attached hydrogens (tertiary/aromatic N) is 1. The van der Waals surface area contributed by atoms with E-state index in [4.69, 9.17) is 0 Å². The Morgan fingerprint density at radius 2 is 2.06 bits per heavy atom. The minimum Gasteiger partial charge on any atom is -0.361 e. The summed E-state index contributed by atoms with van der Waals surface area (Å²) < 4.78 is 38.4. The quantitative estimate of drug-likeness (QED) is 0.224. The molecular formula is C22H19F3N4O2S2. The van der Waals surface area contributed by atoms with Gasteiger partial charge < -0.3 is 15.6 Å². The van der Waals surface area contributed by atoms with E-state index in [-0.39, 0.29) is 11.7 Å². The lowest BCUT2D eigenvalue weighted by Gasteiger charge is -2.16. The number of rotatable bonds is 9. The van der Waals surface area contributed by atoms with Crippen molar-refractivity contribution in [1.82, 2.24) is 15.3 Å². The molecule has 2 aromatic carbocycles. The molecule has 33 heavy (non-hydrogen) atoms. The number of benzene rings is 2. The van der Waals surface area contributed by atoms with Gasteiger partial charge in [-0.2, -0.15) is 13.2 Å². The highest BCUT2D eigenvalue weighted by atomic mass is 32.2. The van der Waals surface area contributed by atoms with E-state index in [1.807, 2.05) is 30.5 Å². The van der Waals surface area contributed by atoms with Gasteiger partial charge in [0.1, 0.15) is 6.04 Å². The summed E-state index contributed by atoms with van der Waals surface area (Å²) in [5.74, 6) is -0.476. The first-order valence-corrected chi connectivity index (χ1v) is 11.8. The maximum atomic E-state index is 12.9. The van der Waals surface area contributed by atoms with Gasteiger partial charge >= 0.3 is 6.18 Å². The second-order valence-electron chi connectivity index (χ2n) is 7.27. The molecule has 0 saturated carbocycles. The number of alkyl halides is 3. The Balaban J connectivity index is 1.45. The summed E-state index contributed by atoms with van der Waals surface area (Å²) in [6.45, 7) is 0. The van der Waals surface area contributed by atoms with Crippen LogP contribution in [0.2, 0.25) is 0 Å². The smallest absolute Gasteiger partial charge is 0.361 e. The zero-order chi connectivity index (χ0) is 23.4. The SMILES string of the molecule is O=CNC(Cc1c[nH]c2ccccc12)C(=O)Nc1ccc2nc(SCCC(F)(F)F)sc2c1. The molecule has 1 atom stereocenters. The summed E-state index contributed by atoms with van der Waals surface area (Å²) in [4.78, 5) is 31.5. The number of carbonyl (C=O) groups excluding carboxylic acids is 2. The van der Waals surface area contributed by atoms with Crippen molar-refractivity contribution in [2.24, 2.45) is 0 Å². The Bertz CT molecular complexity index is 1290. The number of amides is 2. The molecule has 6 nitrogen and oxygen atoms in total. The number of halogens is 3. The molecule has 4 rings (SSSR count). The molecule has 3 N–H and O–H groups in total. The maximum Gasteiger partial charge on any atom is 0.389 e. The normalized spacial score (nSPS) is 12.7. The van der Waals surface area contributed by atoms with Gasteiger partial charge in [0.25, 0.3) is 0 Å². The molecule has 0 spiro atoms. The summed E-state index contributed by atoms with van der Waals surface area (Å²) in [6.07, 6.45) is -2.46. The molecule has 2 heterocycles. The molecule has 0 aliphatic rings. The highest BCUT2D eigenvalue weighted by molar-refractivity contribution is 8.01. The molecule has 172 valence electrons. The van der Waals surface area contributed by atoms with Crippen LogP contribution in [0.5, 0.6) is 0 Å². The molecule has 11 heteroatoms. The lowest BCUT2D eigenvalue weighted by atomic mass is 10.0. The molecule has 0 aliphatic heterocycles. The highest BCUT2D eigenvalue weighted by Gasteiger charge is 2.26. The van der Waals surface area contributed by atoms with Gasteiger partial charge in [-0.15, -0.1) is 11.3 Å². The molecule has 4 aromatic rings. The highest BCUT2D eigenvalue weighted by Crippen LogP contribution is 2.33. The number of thioether (sulfide) groups is 1. The standard InChI is InChI=1S/C22H19F3N4O2S2/c23-22(24,25)7-8-32-21-29-17-6-5-14(10-19(17)33-21)28-20(31)18(27-12-30)9-13-11-26-16-4-2-1-3-15(13)16/h1-6,10-12,18,26H,7-9H2,(H,27,30)(H,28,31). The predicted molar refractivity (Wildman–Crippen MR) is 125 cm³/mol. The van der Waals surface area contributed by atoms with Crippen molar-refractivity contribution in [3.05, 3.63) is 54.2 Å². The molecule has 2 amide bonds. The van der Waals surface area contributed by atoms with E-state index in [9.17, 15) is 22.8 Å². The zero-order valence-corrected chi connectivity index (χ0v) is 18.7.